The molecule has 25 heavy (non-hydrogen) atoms. The van der Waals surface area contributed by atoms with Crippen molar-refractivity contribution >= 4 is 48.0 Å². The maximum absolute atomic E-state index is 6.01. The van der Waals surface area contributed by atoms with E-state index in [1.54, 1.807) is 21.3 Å². The second-order valence-electron chi connectivity index (χ2n) is 7.13. The molecule has 0 radical (unpaired) electrons. The second-order valence-corrected chi connectivity index (χ2v) is 19.4. The summed E-state index contributed by atoms with van der Waals surface area (Å²) in [4.78, 5) is 0. The monoisotopic (exact) mass is 448 g/mol. The summed E-state index contributed by atoms with van der Waals surface area (Å²) in [6.07, 6.45) is 15.1. The molecule has 3 nitrogen and oxygen atoms in total. The highest BCUT2D eigenvalue weighted by molar-refractivity contribution is 7.65. The molecule has 2 fully saturated rings. The quantitative estimate of drug-likeness (QED) is 0.335. The van der Waals surface area contributed by atoms with Gasteiger partial charge in [-0.05, 0) is 31.2 Å². The third-order valence-electron chi connectivity index (χ3n) is 5.53. The van der Waals surface area contributed by atoms with Gasteiger partial charge >= 0.3 is 14.8 Å². The molecule has 0 saturated heterocycles. The molecular weight excluding hydrogens is 415 g/mol. The van der Waals surface area contributed by atoms with E-state index in [1.165, 1.54) is 64.2 Å². The molecule has 0 amide bonds. The van der Waals surface area contributed by atoms with Gasteiger partial charge in [0.25, 0.3) is 0 Å². The highest BCUT2D eigenvalue weighted by atomic mass is 35.8. The minimum absolute atomic E-state index is 0.419. The van der Waals surface area contributed by atoms with Crippen LogP contribution in [0.25, 0.3) is 0 Å². The van der Waals surface area contributed by atoms with E-state index >= 15 is 0 Å². The van der Waals surface area contributed by atoms with Crippen molar-refractivity contribution in [2.75, 3.05) is 21.3 Å². The van der Waals surface area contributed by atoms with Crippen LogP contribution in [-0.2, 0) is 13.3 Å². The minimum Gasteiger partial charge on any atom is -0.377 e. The minimum atomic E-state index is -2.39. The summed E-state index contributed by atoms with van der Waals surface area (Å²) >= 11 is 18.0. The molecule has 0 bridgehead atoms. The van der Waals surface area contributed by atoms with Crippen LogP contribution in [0.15, 0.2) is 0 Å². The normalized spacial score (nSPS) is 21.8. The van der Waals surface area contributed by atoms with E-state index in [2.05, 4.69) is 0 Å². The van der Waals surface area contributed by atoms with Crippen molar-refractivity contribution in [3.05, 3.63) is 0 Å². The summed E-state index contributed by atoms with van der Waals surface area (Å²) in [5, 5.41) is 0. The molecule has 150 valence electrons. The number of rotatable bonds is 5. The summed E-state index contributed by atoms with van der Waals surface area (Å²) in [7, 11) is 2.79. The van der Waals surface area contributed by atoms with Gasteiger partial charge in [0.1, 0.15) is 0 Å². The molecule has 2 saturated carbocycles. The van der Waals surface area contributed by atoms with E-state index in [9.17, 15) is 0 Å². The van der Waals surface area contributed by atoms with Gasteiger partial charge < -0.3 is 13.3 Å². The van der Waals surface area contributed by atoms with Gasteiger partial charge in [0.05, 0.1) is 0 Å². The van der Waals surface area contributed by atoms with Crippen LogP contribution in [0.3, 0.4) is 0 Å². The van der Waals surface area contributed by atoms with Crippen LogP contribution in [0.2, 0.25) is 11.1 Å². The average molecular weight is 450 g/mol. The van der Waals surface area contributed by atoms with Gasteiger partial charge in [-0.2, -0.15) is 0 Å². The topological polar surface area (TPSA) is 27.7 Å². The van der Waals surface area contributed by atoms with E-state index in [-0.39, 0.29) is 0 Å². The van der Waals surface area contributed by atoms with Crippen LogP contribution in [0.1, 0.15) is 77.0 Å². The van der Waals surface area contributed by atoms with E-state index in [1.807, 2.05) is 0 Å². The standard InChI is InChI=1S/C9H20O3Si.C8H15Cl3Si/c1-10-13(11-2,12-3)9-7-5-4-6-8-9;9-12(10,11)8-6-4-2-1-3-5-7-8/h9H,4-8H2,1-3H3;8H,1-7H2. The Kier molecular flexibility index (Phi) is 12.2. The van der Waals surface area contributed by atoms with Crippen molar-refractivity contribution in [2.45, 2.75) is 88.1 Å². The summed E-state index contributed by atoms with van der Waals surface area (Å²) < 4.78 is 16.4. The fourth-order valence-electron chi connectivity index (χ4n) is 3.99. The first-order valence-corrected chi connectivity index (χ1v) is 16.5. The van der Waals surface area contributed by atoms with Gasteiger partial charge in [-0.3, -0.25) is 0 Å². The first-order chi connectivity index (χ1) is 11.9. The largest absolute Gasteiger partial charge is 0.503 e. The Morgan fingerprint density at radius 1 is 0.560 bits per heavy atom. The molecule has 0 aromatic heterocycles. The fraction of sp³-hybridized carbons (Fsp3) is 1.00. The van der Waals surface area contributed by atoms with Gasteiger partial charge in [-0.1, -0.05) is 51.4 Å². The van der Waals surface area contributed by atoms with Gasteiger partial charge in [0.2, 0.25) is 0 Å². The molecule has 2 aliphatic rings. The first-order valence-electron chi connectivity index (χ1n) is 9.61. The lowest BCUT2D eigenvalue weighted by molar-refractivity contribution is 0.104. The summed E-state index contributed by atoms with van der Waals surface area (Å²) in [5.74, 6) is 0. The van der Waals surface area contributed by atoms with Crippen LogP contribution in [-0.4, -0.2) is 36.1 Å². The number of halogens is 3. The van der Waals surface area contributed by atoms with Gasteiger partial charge in [0, 0.05) is 26.9 Å². The van der Waals surface area contributed by atoms with Crippen molar-refractivity contribution in [3.8, 4) is 0 Å². The Morgan fingerprint density at radius 3 is 1.24 bits per heavy atom. The Balaban J connectivity index is 0.000000251. The molecule has 8 heteroatoms. The lowest BCUT2D eigenvalue weighted by Gasteiger charge is -2.34. The average Bonchev–Trinajstić information content (AvgIpc) is 2.57. The van der Waals surface area contributed by atoms with E-state index in [0.29, 0.717) is 11.1 Å². The summed E-state index contributed by atoms with van der Waals surface area (Å²) in [6, 6.07) is -2.39. The zero-order chi connectivity index (χ0) is 18.8. The highest BCUT2D eigenvalue weighted by Gasteiger charge is 2.47. The molecule has 0 unspecified atom stereocenters. The van der Waals surface area contributed by atoms with Crippen LogP contribution in [0.5, 0.6) is 0 Å². The molecule has 0 spiro atoms. The van der Waals surface area contributed by atoms with E-state index in [0.717, 1.165) is 12.8 Å². The molecular formula is C17H35Cl3O3Si2. The molecule has 0 heterocycles. The molecule has 2 aliphatic carbocycles. The lowest BCUT2D eigenvalue weighted by Crippen LogP contribution is -2.48. The summed E-state index contributed by atoms with van der Waals surface area (Å²) in [6.45, 7) is 0. The van der Waals surface area contributed by atoms with Crippen molar-refractivity contribution in [2.24, 2.45) is 0 Å². The van der Waals surface area contributed by atoms with Gasteiger partial charge in [0.15, 0.2) is 0 Å². The van der Waals surface area contributed by atoms with Crippen molar-refractivity contribution < 1.29 is 13.3 Å². The Labute approximate surface area is 170 Å². The maximum Gasteiger partial charge on any atom is 0.503 e. The zero-order valence-corrected chi connectivity index (χ0v) is 20.3. The Morgan fingerprint density at radius 2 is 0.880 bits per heavy atom. The van der Waals surface area contributed by atoms with Crippen LogP contribution in [0, 0.1) is 0 Å². The molecule has 0 aromatic rings. The lowest BCUT2D eigenvalue weighted by atomic mass is 10.0. The van der Waals surface area contributed by atoms with Gasteiger partial charge in [-0.25, -0.2) is 0 Å². The smallest absolute Gasteiger partial charge is 0.377 e. The molecule has 0 atom stereocenters. The third kappa shape index (κ3) is 8.38. The molecule has 0 N–H and O–H groups in total. The number of hydrogen-bond donors (Lipinski definition) is 0. The van der Waals surface area contributed by atoms with Crippen molar-refractivity contribution in [1.82, 2.24) is 0 Å². The second kappa shape index (κ2) is 12.6. The molecule has 2 rings (SSSR count). The Bertz CT molecular complexity index is 330. The fourth-order valence-corrected chi connectivity index (χ4v) is 9.63. The Hall–Kier alpha value is 1.18. The maximum atomic E-state index is 6.01. The van der Waals surface area contributed by atoms with Crippen molar-refractivity contribution in [1.29, 1.82) is 0 Å². The summed E-state index contributed by atoms with van der Waals surface area (Å²) in [5.41, 5.74) is 0.934. The van der Waals surface area contributed by atoms with Crippen LogP contribution < -0.4 is 0 Å². The van der Waals surface area contributed by atoms with Gasteiger partial charge in [-0.15, -0.1) is 33.2 Å². The zero-order valence-electron chi connectivity index (χ0n) is 16.0. The molecule has 0 aromatic carbocycles. The predicted octanol–water partition coefficient (Wildman–Crippen LogP) is 6.96. The third-order valence-corrected chi connectivity index (χ3v) is 13.1. The SMILES string of the molecule is CO[Si](OC)(OC)C1CCCCC1.Cl[Si](Cl)(Cl)C1CCCCCCC1. The highest BCUT2D eigenvalue weighted by Crippen LogP contribution is 2.42. The van der Waals surface area contributed by atoms with Crippen LogP contribution in [0.4, 0.5) is 0 Å². The van der Waals surface area contributed by atoms with Crippen LogP contribution >= 0.6 is 33.2 Å². The first kappa shape index (κ1) is 24.2. The van der Waals surface area contributed by atoms with Crippen molar-refractivity contribution in [3.63, 3.8) is 0 Å². The van der Waals surface area contributed by atoms with E-state index < -0.39 is 14.8 Å². The predicted molar refractivity (Wildman–Crippen MR) is 113 cm³/mol. The molecule has 0 aliphatic heterocycles. The number of hydrogen-bond acceptors (Lipinski definition) is 3. The van der Waals surface area contributed by atoms with E-state index in [4.69, 9.17) is 46.5 Å².